The van der Waals surface area contributed by atoms with Gasteiger partial charge in [0.15, 0.2) is 0 Å². The second-order valence-electron chi connectivity index (χ2n) is 3.55. The van der Waals surface area contributed by atoms with Crippen LogP contribution in [-0.2, 0) is 9.53 Å². The Hall–Kier alpha value is -1.57. The first-order chi connectivity index (χ1) is 6.75. The molecule has 0 aromatic heterocycles. The summed E-state index contributed by atoms with van der Waals surface area (Å²) in [6, 6.07) is 9.69. The molecule has 1 aliphatic rings. The summed E-state index contributed by atoms with van der Waals surface area (Å²) in [5.41, 5.74) is 0.965. The second kappa shape index (κ2) is 3.66. The van der Waals surface area contributed by atoms with Gasteiger partial charge in [0.1, 0.15) is 5.76 Å². The number of carbonyl (C=O) groups excluding carboxylic acids is 1. The van der Waals surface area contributed by atoms with Crippen LogP contribution in [0.4, 0.5) is 0 Å². The SMILES string of the molecule is CC1C=C(c2ccccc2)OC(=O)C1. The number of hydrogen-bond acceptors (Lipinski definition) is 2. The third-order valence-electron chi connectivity index (χ3n) is 2.21. The van der Waals surface area contributed by atoms with Crippen molar-refractivity contribution in [1.29, 1.82) is 0 Å². The molecule has 0 radical (unpaired) electrons. The lowest BCUT2D eigenvalue weighted by atomic mass is 10.0. The molecular formula is C12H12O2. The summed E-state index contributed by atoms with van der Waals surface area (Å²) in [5.74, 6) is 0.819. The Morgan fingerprint density at radius 1 is 1.29 bits per heavy atom. The zero-order valence-electron chi connectivity index (χ0n) is 8.07. The van der Waals surface area contributed by atoms with E-state index in [2.05, 4.69) is 0 Å². The van der Waals surface area contributed by atoms with Crippen LogP contribution in [0.5, 0.6) is 0 Å². The van der Waals surface area contributed by atoms with E-state index in [0.29, 0.717) is 12.2 Å². The summed E-state index contributed by atoms with van der Waals surface area (Å²) < 4.78 is 5.16. The lowest BCUT2D eigenvalue weighted by molar-refractivity contribution is -0.138. The standard InChI is InChI=1S/C12H12O2/c1-9-7-11(14-12(13)8-9)10-5-3-2-4-6-10/h2-7,9H,8H2,1H3. The highest BCUT2D eigenvalue weighted by Crippen LogP contribution is 2.24. The van der Waals surface area contributed by atoms with Gasteiger partial charge in [-0.25, -0.2) is 0 Å². The van der Waals surface area contributed by atoms with Gasteiger partial charge < -0.3 is 4.74 Å². The predicted octanol–water partition coefficient (Wildman–Crippen LogP) is 2.61. The summed E-state index contributed by atoms with van der Waals surface area (Å²) in [6.07, 6.45) is 2.48. The van der Waals surface area contributed by atoms with Gasteiger partial charge in [-0.05, 0) is 12.0 Å². The highest BCUT2D eigenvalue weighted by atomic mass is 16.5. The van der Waals surface area contributed by atoms with Crippen LogP contribution in [0.15, 0.2) is 36.4 Å². The van der Waals surface area contributed by atoms with E-state index in [1.807, 2.05) is 43.3 Å². The molecule has 0 saturated carbocycles. The minimum atomic E-state index is -0.140. The van der Waals surface area contributed by atoms with Gasteiger partial charge in [-0.15, -0.1) is 0 Å². The molecule has 0 spiro atoms. The van der Waals surface area contributed by atoms with Gasteiger partial charge in [-0.2, -0.15) is 0 Å². The van der Waals surface area contributed by atoms with Crippen LogP contribution in [0, 0.1) is 5.92 Å². The van der Waals surface area contributed by atoms with Crippen LogP contribution < -0.4 is 0 Å². The molecule has 1 unspecified atom stereocenters. The molecule has 0 saturated heterocycles. The summed E-state index contributed by atoms with van der Waals surface area (Å²) in [5, 5.41) is 0. The maximum absolute atomic E-state index is 11.2. The van der Waals surface area contributed by atoms with Crippen molar-refractivity contribution in [1.82, 2.24) is 0 Å². The molecule has 72 valence electrons. The van der Waals surface area contributed by atoms with Gasteiger partial charge >= 0.3 is 5.97 Å². The zero-order chi connectivity index (χ0) is 9.97. The number of carbonyl (C=O) groups is 1. The smallest absolute Gasteiger partial charge is 0.311 e. The predicted molar refractivity (Wildman–Crippen MR) is 54.3 cm³/mol. The number of ether oxygens (including phenoxy) is 1. The fraction of sp³-hybridized carbons (Fsp3) is 0.250. The quantitative estimate of drug-likeness (QED) is 0.633. The molecule has 1 heterocycles. The van der Waals surface area contributed by atoms with Crippen molar-refractivity contribution >= 4 is 11.7 Å². The van der Waals surface area contributed by atoms with Gasteiger partial charge in [0.25, 0.3) is 0 Å². The van der Waals surface area contributed by atoms with E-state index < -0.39 is 0 Å². The maximum atomic E-state index is 11.2. The number of cyclic esters (lactones) is 1. The van der Waals surface area contributed by atoms with Crippen LogP contribution >= 0.6 is 0 Å². The highest BCUT2D eigenvalue weighted by Gasteiger charge is 2.18. The molecule has 14 heavy (non-hydrogen) atoms. The van der Waals surface area contributed by atoms with E-state index in [0.717, 1.165) is 5.56 Å². The molecule has 1 aromatic rings. The Morgan fingerprint density at radius 3 is 2.64 bits per heavy atom. The van der Waals surface area contributed by atoms with Crippen LogP contribution in [0.25, 0.3) is 5.76 Å². The van der Waals surface area contributed by atoms with Gasteiger partial charge in [-0.1, -0.05) is 37.3 Å². The first kappa shape index (κ1) is 9.00. The fourth-order valence-corrected chi connectivity index (χ4v) is 1.54. The van der Waals surface area contributed by atoms with Crippen LogP contribution in [0.2, 0.25) is 0 Å². The molecular weight excluding hydrogens is 176 g/mol. The highest BCUT2D eigenvalue weighted by molar-refractivity contribution is 5.80. The number of benzene rings is 1. The number of hydrogen-bond donors (Lipinski definition) is 0. The van der Waals surface area contributed by atoms with Crippen molar-refractivity contribution in [3.8, 4) is 0 Å². The number of rotatable bonds is 1. The average Bonchev–Trinajstić information content (AvgIpc) is 2.18. The molecule has 1 aromatic carbocycles. The molecule has 2 rings (SSSR count). The molecule has 0 fully saturated rings. The van der Waals surface area contributed by atoms with Crippen molar-refractivity contribution in [2.24, 2.45) is 5.92 Å². The van der Waals surface area contributed by atoms with E-state index in [4.69, 9.17) is 4.74 Å². The molecule has 0 N–H and O–H groups in total. The van der Waals surface area contributed by atoms with Crippen molar-refractivity contribution in [3.63, 3.8) is 0 Å². The Labute approximate surface area is 83.2 Å². The van der Waals surface area contributed by atoms with Gasteiger partial charge in [0.05, 0.1) is 6.42 Å². The third-order valence-corrected chi connectivity index (χ3v) is 2.21. The fourth-order valence-electron chi connectivity index (χ4n) is 1.54. The van der Waals surface area contributed by atoms with Crippen molar-refractivity contribution < 1.29 is 9.53 Å². The monoisotopic (exact) mass is 188 g/mol. The first-order valence-electron chi connectivity index (χ1n) is 4.73. The largest absolute Gasteiger partial charge is 0.426 e. The van der Waals surface area contributed by atoms with Gasteiger partial charge in [0, 0.05) is 5.56 Å². The minimum Gasteiger partial charge on any atom is -0.426 e. The number of esters is 1. The molecule has 1 aliphatic heterocycles. The topological polar surface area (TPSA) is 26.3 Å². The van der Waals surface area contributed by atoms with E-state index in [9.17, 15) is 4.79 Å². The molecule has 0 bridgehead atoms. The lowest BCUT2D eigenvalue weighted by Gasteiger charge is -2.17. The Balaban J connectivity index is 2.31. The summed E-state index contributed by atoms with van der Waals surface area (Å²) in [6.45, 7) is 2.02. The number of allylic oxidation sites excluding steroid dienone is 1. The summed E-state index contributed by atoms with van der Waals surface area (Å²) in [4.78, 5) is 11.2. The zero-order valence-corrected chi connectivity index (χ0v) is 8.07. The molecule has 2 heteroatoms. The van der Waals surface area contributed by atoms with E-state index in [1.165, 1.54) is 0 Å². The van der Waals surface area contributed by atoms with Gasteiger partial charge in [0.2, 0.25) is 0 Å². The Morgan fingerprint density at radius 2 is 2.00 bits per heavy atom. The molecule has 0 amide bonds. The molecule has 1 atom stereocenters. The Bertz CT molecular complexity index is 365. The van der Waals surface area contributed by atoms with Gasteiger partial charge in [-0.3, -0.25) is 4.79 Å². The van der Waals surface area contributed by atoms with Crippen molar-refractivity contribution in [3.05, 3.63) is 42.0 Å². The van der Waals surface area contributed by atoms with Crippen LogP contribution in [0.1, 0.15) is 18.9 Å². The third kappa shape index (κ3) is 1.84. The van der Waals surface area contributed by atoms with Crippen molar-refractivity contribution in [2.75, 3.05) is 0 Å². The summed E-state index contributed by atoms with van der Waals surface area (Å²) >= 11 is 0. The Kier molecular flexibility index (Phi) is 2.35. The first-order valence-corrected chi connectivity index (χ1v) is 4.73. The van der Waals surface area contributed by atoms with E-state index >= 15 is 0 Å². The average molecular weight is 188 g/mol. The van der Waals surface area contributed by atoms with E-state index in [-0.39, 0.29) is 11.9 Å². The lowest BCUT2D eigenvalue weighted by Crippen LogP contribution is -2.13. The van der Waals surface area contributed by atoms with Crippen molar-refractivity contribution in [2.45, 2.75) is 13.3 Å². The van der Waals surface area contributed by atoms with Crippen LogP contribution in [0.3, 0.4) is 0 Å². The normalized spacial score (nSPS) is 21.4. The minimum absolute atomic E-state index is 0.140. The van der Waals surface area contributed by atoms with Crippen LogP contribution in [-0.4, -0.2) is 5.97 Å². The molecule has 0 aliphatic carbocycles. The van der Waals surface area contributed by atoms with E-state index in [1.54, 1.807) is 0 Å². The maximum Gasteiger partial charge on any atom is 0.311 e. The summed E-state index contributed by atoms with van der Waals surface area (Å²) in [7, 11) is 0. The second-order valence-corrected chi connectivity index (χ2v) is 3.55. The molecule has 2 nitrogen and oxygen atoms in total.